The van der Waals surface area contributed by atoms with Crippen molar-refractivity contribution < 1.29 is 9.53 Å². The van der Waals surface area contributed by atoms with Crippen molar-refractivity contribution in [3.63, 3.8) is 0 Å². The van der Waals surface area contributed by atoms with Gasteiger partial charge < -0.3 is 15.4 Å². The van der Waals surface area contributed by atoms with E-state index in [1.165, 1.54) is 17.5 Å². The van der Waals surface area contributed by atoms with E-state index in [2.05, 4.69) is 23.6 Å². The average Bonchev–Trinajstić information content (AvgIpc) is 2.52. The number of rotatable bonds is 6. The molecule has 1 amide bonds. The summed E-state index contributed by atoms with van der Waals surface area (Å²) in [7, 11) is 1.63. The molecule has 116 valence electrons. The van der Waals surface area contributed by atoms with Crippen LogP contribution in [0.2, 0.25) is 0 Å². The largest absolute Gasteiger partial charge is 0.481 e. The van der Waals surface area contributed by atoms with Crippen molar-refractivity contribution in [3.05, 3.63) is 29.3 Å². The predicted octanol–water partition coefficient (Wildman–Crippen LogP) is 2.58. The van der Waals surface area contributed by atoms with Crippen LogP contribution in [0.1, 0.15) is 50.3 Å². The number of hydrogen-bond donors (Lipinski definition) is 2. The molecule has 4 nitrogen and oxygen atoms in total. The Morgan fingerprint density at radius 2 is 2.29 bits per heavy atom. The number of fused-ring (bicyclic) bond motifs is 1. The normalized spacial score (nSPS) is 18.7. The lowest BCUT2D eigenvalue weighted by molar-refractivity contribution is -0.126. The maximum atomic E-state index is 11.6. The Labute approximate surface area is 127 Å². The summed E-state index contributed by atoms with van der Waals surface area (Å²) in [5, 5.41) is 6.23. The van der Waals surface area contributed by atoms with Crippen LogP contribution in [0.4, 0.5) is 0 Å². The molecule has 2 rings (SSSR count). The molecule has 0 saturated carbocycles. The van der Waals surface area contributed by atoms with Crippen LogP contribution in [-0.2, 0) is 11.2 Å². The Bertz CT molecular complexity index is 488. The molecule has 0 heterocycles. The van der Waals surface area contributed by atoms with Crippen molar-refractivity contribution in [3.8, 4) is 5.75 Å². The van der Waals surface area contributed by atoms with E-state index < -0.39 is 6.10 Å². The summed E-state index contributed by atoms with van der Waals surface area (Å²) in [5.74, 6) is 0.760. The molecule has 2 N–H and O–H groups in total. The SMILES string of the molecule is CCCNC1CCCc2c(OC(C)C(=O)NC)cccc21. The minimum atomic E-state index is -0.467. The molecule has 1 aliphatic carbocycles. The first-order valence-electron chi connectivity index (χ1n) is 7.90. The highest BCUT2D eigenvalue weighted by molar-refractivity contribution is 5.80. The molecule has 0 bridgehead atoms. The summed E-state index contributed by atoms with van der Waals surface area (Å²) in [6.07, 6.45) is 4.02. The van der Waals surface area contributed by atoms with Crippen molar-refractivity contribution in [1.82, 2.24) is 10.6 Å². The summed E-state index contributed by atoms with van der Waals surface area (Å²) in [5.41, 5.74) is 2.59. The van der Waals surface area contributed by atoms with Gasteiger partial charge in [0.15, 0.2) is 6.10 Å². The third kappa shape index (κ3) is 3.76. The molecule has 1 aromatic carbocycles. The van der Waals surface area contributed by atoms with Gasteiger partial charge in [0.2, 0.25) is 0 Å². The summed E-state index contributed by atoms with van der Waals surface area (Å²) in [6.45, 7) is 5.00. The number of ether oxygens (including phenoxy) is 1. The highest BCUT2D eigenvalue weighted by Gasteiger charge is 2.23. The second kappa shape index (κ2) is 7.46. The van der Waals surface area contributed by atoms with Crippen LogP contribution in [0.5, 0.6) is 5.75 Å². The van der Waals surface area contributed by atoms with Gasteiger partial charge in [-0.05, 0) is 56.3 Å². The van der Waals surface area contributed by atoms with Gasteiger partial charge >= 0.3 is 0 Å². The first-order chi connectivity index (χ1) is 10.2. The van der Waals surface area contributed by atoms with E-state index in [9.17, 15) is 4.79 Å². The number of likely N-dealkylation sites (N-methyl/N-ethyl adjacent to an activating group) is 1. The molecule has 1 aliphatic rings. The molecular weight excluding hydrogens is 264 g/mol. The van der Waals surface area contributed by atoms with E-state index in [1.54, 1.807) is 14.0 Å². The molecule has 0 spiro atoms. The minimum absolute atomic E-state index is 0.0935. The molecule has 0 saturated heterocycles. The molecule has 0 fully saturated rings. The van der Waals surface area contributed by atoms with Gasteiger partial charge in [-0.3, -0.25) is 4.79 Å². The molecular formula is C17H26N2O2. The van der Waals surface area contributed by atoms with E-state index in [0.29, 0.717) is 6.04 Å². The molecule has 21 heavy (non-hydrogen) atoms. The lowest BCUT2D eigenvalue weighted by atomic mass is 9.87. The van der Waals surface area contributed by atoms with Gasteiger partial charge in [0, 0.05) is 13.1 Å². The monoisotopic (exact) mass is 290 g/mol. The van der Waals surface area contributed by atoms with Crippen molar-refractivity contribution in [2.75, 3.05) is 13.6 Å². The molecule has 0 aromatic heterocycles. The fourth-order valence-corrected chi connectivity index (χ4v) is 2.90. The summed E-state index contributed by atoms with van der Waals surface area (Å²) >= 11 is 0. The number of hydrogen-bond acceptors (Lipinski definition) is 3. The highest BCUT2D eigenvalue weighted by atomic mass is 16.5. The third-order valence-corrected chi connectivity index (χ3v) is 4.02. The number of carbonyl (C=O) groups excluding carboxylic acids is 1. The first-order valence-corrected chi connectivity index (χ1v) is 7.90. The minimum Gasteiger partial charge on any atom is -0.481 e. The smallest absolute Gasteiger partial charge is 0.260 e. The van der Waals surface area contributed by atoms with Crippen molar-refractivity contribution in [1.29, 1.82) is 0 Å². The van der Waals surface area contributed by atoms with Crippen LogP contribution in [0.15, 0.2) is 18.2 Å². The van der Waals surface area contributed by atoms with Crippen LogP contribution in [0.3, 0.4) is 0 Å². The zero-order valence-electron chi connectivity index (χ0n) is 13.2. The van der Waals surface area contributed by atoms with E-state index in [0.717, 1.165) is 31.6 Å². The quantitative estimate of drug-likeness (QED) is 0.846. The second-order valence-electron chi connectivity index (χ2n) is 5.60. The van der Waals surface area contributed by atoms with Gasteiger partial charge in [-0.25, -0.2) is 0 Å². The fourth-order valence-electron chi connectivity index (χ4n) is 2.90. The maximum absolute atomic E-state index is 11.6. The second-order valence-corrected chi connectivity index (χ2v) is 5.60. The Kier molecular flexibility index (Phi) is 5.62. The van der Waals surface area contributed by atoms with Crippen molar-refractivity contribution in [2.24, 2.45) is 0 Å². The molecule has 4 heteroatoms. The zero-order valence-corrected chi connectivity index (χ0v) is 13.2. The molecule has 2 unspecified atom stereocenters. The van der Waals surface area contributed by atoms with Crippen LogP contribution in [0.25, 0.3) is 0 Å². The number of nitrogens with one attached hydrogen (secondary N) is 2. The first kappa shape index (κ1) is 15.8. The fraction of sp³-hybridized carbons (Fsp3) is 0.588. The average molecular weight is 290 g/mol. The Hall–Kier alpha value is -1.55. The van der Waals surface area contributed by atoms with Crippen LogP contribution < -0.4 is 15.4 Å². The number of amides is 1. The summed E-state index contributed by atoms with van der Waals surface area (Å²) in [4.78, 5) is 11.6. The lowest BCUT2D eigenvalue weighted by Crippen LogP contribution is -2.34. The maximum Gasteiger partial charge on any atom is 0.260 e. The Morgan fingerprint density at radius 1 is 1.48 bits per heavy atom. The molecule has 1 aromatic rings. The zero-order chi connectivity index (χ0) is 15.2. The summed E-state index contributed by atoms with van der Waals surface area (Å²) in [6, 6.07) is 6.59. The van der Waals surface area contributed by atoms with Crippen LogP contribution in [-0.4, -0.2) is 25.6 Å². The lowest BCUT2D eigenvalue weighted by Gasteiger charge is -2.28. The van der Waals surface area contributed by atoms with Gasteiger partial charge in [-0.1, -0.05) is 19.1 Å². The van der Waals surface area contributed by atoms with Gasteiger partial charge in [-0.2, -0.15) is 0 Å². The predicted molar refractivity (Wildman–Crippen MR) is 84.6 cm³/mol. The Balaban J connectivity index is 2.19. The molecule has 0 aliphatic heterocycles. The van der Waals surface area contributed by atoms with Crippen LogP contribution in [0, 0.1) is 0 Å². The molecule has 2 atom stereocenters. The van der Waals surface area contributed by atoms with Crippen molar-refractivity contribution in [2.45, 2.75) is 51.7 Å². The third-order valence-electron chi connectivity index (χ3n) is 4.02. The van der Waals surface area contributed by atoms with E-state index in [-0.39, 0.29) is 5.91 Å². The molecule has 0 radical (unpaired) electrons. The number of carbonyl (C=O) groups is 1. The van der Waals surface area contributed by atoms with Crippen molar-refractivity contribution >= 4 is 5.91 Å². The van der Waals surface area contributed by atoms with Crippen LogP contribution >= 0.6 is 0 Å². The van der Waals surface area contributed by atoms with Gasteiger partial charge in [0.1, 0.15) is 5.75 Å². The van der Waals surface area contributed by atoms with E-state index in [1.807, 2.05) is 12.1 Å². The van der Waals surface area contributed by atoms with E-state index in [4.69, 9.17) is 4.74 Å². The van der Waals surface area contributed by atoms with Gasteiger partial charge in [0.25, 0.3) is 5.91 Å². The highest BCUT2D eigenvalue weighted by Crippen LogP contribution is 2.35. The Morgan fingerprint density at radius 3 is 3.00 bits per heavy atom. The standard InChI is InChI=1S/C17H26N2O2/c1-4-11-19-15-9-5-8-14-13(15)7-6-10-16(14)21-12(2)17(20)18-3/h6-7,10,12,15,19H,4-5,8-9,11H2,1-3H3,(H,18,20). The summed E-state index contributed by atoms with van der Waals surface area (Å²) < 4.78 is 5.88. The van der Waals surface area contributed by atoms with E-state index >= 15 is 0 Å². The topological polar surface area (TPSA) is 50.4 Å². The van der Waals surface area contributed by atoms with Gasteiger partial charge in [0.05, 0.1) is 0 Å². The number of benzene rings is 1. The van der Waals surface area contributed by atoms with Gasteiger partial charge in [-0.15, -0.1) is 0 Å².